The second kappa shape index (κ2) is 13.2. The van der Waals surface area contributed by atoms with E-state index in [-0.39, 0.29) is 44.2 Å². The molecule has 11 heteroatoms. The van der Waals surface area contributed by atoms with Crippen molar-refractivity contribution in [2.45, 2.75) is 94.4 Å². The second-order valence-corrected chi connectivity index (χ2v) is 7.72. The molecule has 30 heavy (non-hydrogen) atoms. The molecule has 0 spiro atoms. The van der Waals surface area contributed by atoms with Gasteiger partial charge in [-0.25, -0.2) is 4.39 Å². The highest BCUT2D eigenvalue weighted by molar-refractivity contribution is 4.89. The Morgan fingerprint density at radius 2 is 1.30 bits per heavy atom. The van der Waals surface area contributed by atoms with Crippen molar-refractivity contribution < 1.29 is 54.0 Å². The van der Waals surface area contributed by atoms with Gasteiger partial charge in [-0.2, -0.15) is 0 Å². The molecule has 3 saturated heterocycles. The van der Waals surface area contributed by atoms with Crippen molar-refractivity contribution in [2.24, 2.45) is 0 Å². The highest BCUT2D eigenvalue weighted by Gasteiger charge is 2.41. The van der Waals surface area contributed by atoms with Gasteiger partial charge in [0.05, 0.1) is 44.2 Å². The van der Waals surface area contributed by atoms with Crippen LogP contribution >= 0.6 is 0 Å². The van der Waals surface area contributed by atoms with E-state index >= 15 is 0 Å². The van der Waals surface area contributed by atoms with Gasteiger partial charge in [0.25, 0.3) is 0 Å². The number of hydrogen-bond donors (Lipinski definition) is 6. The van der Waals surface area contributed by atoms with Crippen LogP contribution in [0, 0.1) is 0 Å². The average molecular weight is 444 g/mol. The smallest absolute Gasteiger partial charge is 0.154 e. The Hall–Kier alpha value is -0.470. The maximum Gasteiger partial charge on any atom is 0.154 e. The summed E-state index contributed by atoms with van der Waals surface area (Å²) in [7, 11) is 1.52. The minimum Gasteiger partial charge on any atom is -0.394 e. The largest absolute Gasteiger partial charge is 0.394 e. The third-order valence-corrected chi connectivity index (χ3v) is 5.34. The fourth-order valence-electron chi connectivity index (χ4n) is 3.57. The van der Waals surface area contributed by atoms with E-state index in [0.29, 0.717) is 6.42 Å². The average Bonchev–Trinajstić information content (AvgIpc) is 3.29. The normalized spacial score (nSPS) is 45.5. The summed E-state index contributed by atoms with van der Waals surface area (Å²) >= 11 is 0. The number of aliphatic hydroxyl groups is 6. The summed E-state index contributed by atoms with van der Waals surface area (Å²) in [4.78, 5) is 0. The quantitative estimate of drug-likeness (QED) is 0.290. The Morgan fingerprint density at radius 3 is 1.53 bits per heavy atom. The summed E-state index contributed by atoms with van der Waals surface area (Å²) < 4.78 is 32.8. The number of methoxy groups -OCH3 is 1. The fourth-order valence-corrected chi connectivity index (χ4v) is 3.57. The molecule has 2 unspecified atom stereocenters. The Morgan fingerprint density at radius 1 is 0.800 bits per heavy atom. The van der Waals surface area contributed by atoms with Crippen LogP contribution in [0.25, 0.3) is 0 Å². The fraction of sp³-hybridized carbons (Fsp3) is 1.00. The molecule has 3 aliphatic rings. The van der Waals surface area contributed by atoms with Gasteiger partial charge in [0, 0.05) is 13.5 Å². The Bertz CT molecular complexity index is 473. The number of ether oxygens (including phenoxy) is 4. The molecule has 0 aromatic carbocycles. The third-order valence-electron chi connectivity index (χ3n) is 5.34. The summed E-state index contributed by atoms with van der Waals surface area (Å²) in [6.07, 6.45) is -5.61. The van der Waals surface area contributed by atoms with Crippen LogP contribution in [-0.2, 0) is 18.9 Å². The Kier molecular flexibility index (Phi) is 12.1. The van der Waals surface area contributed by atoms with Crippen molar-refractivity contribution in [3.8, 4) is 0 Å². The molecular weight excluding hydrogens is 407 g/mol. The van der Waals surface area contributed by atoms with Crippen LogP contribution in [0.4, 0.5) is 4.39 Å². The van der Waals surface area contributed by atoms with Gasteiger partial charge in [-0.05, 0) is 20.8 Å². The number of halogens is 1. The van der Waals surface area contributed by atoms with E-state index in [1.165, 1.54) is 14.0 Å². The first-order valence-electron chi connectivity index (χ1n) is 10.1. The lowest BCUT2D eigenvalue weighted by atomic mass is 10.1. The summed E-state index contributed by atoms with van der Waals surface area (Å²) in [5, 5.41) is 53.3. The van der Waals surface area contributed by atoms with Gasteiger partial charge in [0.1, 0.15) is 36.6 Å². The van der Waals surface area contributed by atoms with Crippen molar-refractivity contribution in [3.63, 3.8) is 0 Å². The first kappa shape index (κ1) is 27.6. The van der Waals surface area contributed by atoms with Gasteiger partial charge in [0.2, 0.25) is 0 Å². The molecule has 180 valence electrons. The van der Waals surface area contributed by atoms with Crippen LogP contribution in [0.2, 0.25) is 0 Å². The maximum atomic E-state index is 12.7. The lowest BCUT2D eigenvalue weighted by Crippen LogP contribution is -2.34. The highest BCUT2D eigenvalue weighted by atomic mass is 19.1. The van der Waals surface area contributed by atoms with Gasteiger partial charge < -0.3 is 49.6 Å². The minimum absolute atomic E-state index is 0.0779. The molecule has 0 amide bonds. The number of alkyl halides is 1. The van der Waals surface area contributed by atoms with Gasteiger partial charge in [0.15, 0.2) is 6.17 Å². The van der Waals surface area contributed by atoms with E-state index in [9.17, 15) is 9.50 Å². The van der Waals surface area contributed by atoms with Crippen molar-refractivity contribution >= 4 is 0 Å². The zero-order valence-corrected chi connectivity index (χ0v) is 17.9. The summed E-state index contributed by atoms with van der Waals surface area (Å²) in [6.45, 7) is 4.66. The molecule has 10 nitrogen and oxygen atoms in total. The van der Waals surface area contributed by atoms with E-state index in [2.05, 4.69) is 0 Å². The molecule has 0 saturated carbocycles. The van der Waals surface area contributed by atoms with Gasteiger partial charge >= 0.3 is 0 Å². The number of rotatable bonds is 4. The molecule has 11 atom stereocenters. The van der Waals surface area contributed by atoms with Crippen LogP contribution in [0.5, 0.6) is 0 Å². The molecule has 0 radical (unpaired) electrons. The molecule has 0 aromatic heterocycles. The van der Waals surface area contributed by atoms with Crippen LogP contribution in [0.3, 0.4) is 0 Å². The first-order valence-corrected chi connectivity index (χ1v) is 10.1. The third kappa shape index (κ3) is 7.30. The van der Waals surface area contributed by atoms with Crippen LogP contribution < -0.4 is 0 Å². The molecule has 0 aliphatic carbocycles. The van der Waals surface area contributed by atoms with E-state index in [1.807, 2.05) is 13.8 Å². The zero-order valence-electron chi connectivity index (χ0n) is 17.9. The van der Waals surface area contributed by atoms with Crippen LogP contribution in [-0.4, -0.2) is 125 Å². The standard InChI is InChI=1S/C7H14O4.C6H11FO3.C6H12O3/c1-4-7(10-2)6(9)5(3-8)11-4;1-3-5(7)6(9)4(2-8)10-3;1-4-2-5(8)6(3-7)9-4/h4-9H,3H2,1-2H3;3-6,8-9H,2H2,1H3;4-8H,2-3H2,1H3/t4-,5+,6-,7?;3-,4+,5?,6-;4-,5+,6+/m000/s1. The van der Waals surface area contributed by atoms with Gasteiger partial charge in [-0.3, -0.25) is 0 Å². The van der Waals surface area contributed by atoms with E-state index in [1.54, 1.807) is 0 Å². The first-order chi connectivity index (χ1) is 14.1. The second-order valence-electron chi connectivity index (χ2n) is 7.72. The molecule has 3 fully saturated rings. The van der Waals surface area contributed by atoms with Crippen LogP contribution in [0.1, 0.15) is 27.2 Å². The molecule has 3 heterocycles. The number of aliphatic hydroxyl groups excluding tert-OH is 6. The van der Waals surface area contributed by atoms with E-state index < -0.39 is 42.8 Å². The van der Waals surface area contributed by atoms with Gasteiger partial charge in [-0.1, -0.05) is 0 Å². The van der Waals surface area contributed by atoms with Crippen LogP contribution in [0.15, 0.2) is 0 Å². The SMILES string of the molecule is COC1[C@H](C)O[C@H](CO)[C@@H]1O.C[C@@H]1O[C@H](CO)[C@H](O)C1F.C[C@H]1C[C@@H](O)[C@@H](CO)O1. The van der Waals surface area contributed by atoms with E-state index in [0.717, 1.165) is 0 Å². The molecule has 3 rings (SSSR count). The summed E-state index contributed by atoms with van der Waals surface area (Å²) in [5.41, 5.74) is 0. The maximum absolute atomic E-state index is 12.7. The Balaban J connectivity index is 0.000000226. The minimum atomic E-state index is -1.36. The zero-order chi connectivity index (χ0) is 23.0. The molecule has 0 aromatic rings. The van der Waals surface area contributed by atoms with E-state index in [4.69, 9.17) is 44.5 Å². The van der Waals surface area contributed by atoms with Crippen molar-refractivity contribution in [1.29, 1.82) is 0 Å². The van der Waals surface area contributed by atoms with Gasteiger partial charge in [-0.15, -0.1) is 0 Å². The lowest BCUT2D eigenvalue weighted by molar-refractivity contribution is -0.0175. The topological polar surface area (TPSA) is 158 Å². The summed E-state index contributed by atoms with van der Waals surface area (Å²) in [5.74, 6) is 0. The summed E-state index contributed by atoms with van der Waals surface area (Å²) in [6, 6.07) is 0. The lowest BCUT2D eigenvalue weighted by Gasteiger charge is -2.14. The molecule has 0 bridgehead atoms. The van der Waals surface area contributed by atoms with Crippen molar-refractivity contribution in [2.75, 3.05) is 26.9 Å². The molecular formula is C19H37FO10. The molecule has 6 N–H and O–H groups in total. The highest BCUT2D eigenvalue weighted by Crippen LogP contribution is 2.23. The van der Waals surface area contributed by atoms with Crippen molar-refractivity contribution in [3.05, 3.63) is 0 Å². The number of hydrogen-bond acceptors (Lipinski definition) is 10. The van der Waals surface area contributed by atoms with Crippen molar-refractivity contribution in [1.82, 2.24) is 0 Å². The monoisotopic (exact) mass is 444 g/mol. The Labute approximate surface area is 176 Å². The predicted molar refractivity (Wildman–Crippen MR) is 103 cm³/mol. The molecule has 3 aliphatic heterocycles. The predicted octanol–water partition coefficient (Wildman–Crippen LogP) is -1.88.